The summed E-state index contributed by atoms with van der Waals surface area (Å²) in [5, 5.41) is 5.18. The smallest absolute Gasteiger partial charge is 0.220 e. The predicted molar refractivity (Wildman–Crippen MR) is 102 cm³/mol. The van der Waals surface area contributed by atoms with Gasteiger partial charge in [0.05, 0.1) is 0 Å². The van der Waals surface area contributed by atoms with Crippen molar-refractivity contribution in [2.45, 2.75) is 33.1 Å². The maximum Gasteiger partial charge on any atom is 0.220 e. The Morgan fingerprint density at radius 3 is 2.92 bits per heavy atom. The van der Waals surface area contributed by atoms with Crippen molar-refractivity contribution in [3.8, 4) is 0 Å². The van der Waals surface area contributed by atoms with Gasteiger partial charge in [0.1, 0.15) is 0 Å². The summed E-state index contributed by atoms with van der Waals surface area (Å²) in [4.78, 5) is 15.7. The van der Waals surface area contributed by atoms with Gasteiger partial charge in [-0.25, -0.2) is 0 Å². The number of carbonyl (C=O) groups is 1. The Kier molecular flexibility index (Phi) is 5.56. The van der Waals surface area contributed by atoms with Crippen LogP contribution in [0.5, 0.6) is 0 Å². The standard InChI is InChI=1S/C20H26N2OS/c1-15-5-6-18(12-16(15)2)22-10-9-17(14-22)13-21-20(23)8-7-19-4-3-11-24-19/h3-6,11-12,17H,7-10,13-14H2,1-2H3,(H,21,23). The number of benzene rings is 1. The number of hydrogen-bond acceptors (Lipinski definition) is 3. The van der Waals surface area contributed by atoms with Crippen LogP contribution in [0.2, 0.25) is 0 Å². The number of carbonyl (C=O) groups excluding carboxylic acids is 1. The average molecular weight is 343 g/mol. The zero-order valence-corrected chi connectivity index (χ0v) is 15.4. The number of anilines is 1. The van der Waals surface area contributed by atoms with Crippen LogP contribution >= 0.6 is 11.3 Å². The van der Waals surface area contributed by atoms with Crippen LogP contribution in [0.1, 0.15) is 28.8 Å². The Morgan fingerprint density at radius 2 is 2.17 bits per heavy atom. The number of nitrogens with one attached hydrogen (secondary N) is 1. The van der Waals surface area contributed by atoms with Gasteiger partial charge in [-0.3, -0.25) is 4.79 Å². The molecule has 1 aromatic carbocycles. The molecule has 128 valence electrons. The lowest BCUT2D eigenvalue weighted by Crippen LogP contribution is -2.31. The van der Waals surface area contributed by atoms with E-state index in [0.29, 0.717) is 12.3 Å². The summed E-state index contributed by atoms with van der Waals surface area (Å²) in [6.45, 7) is 7.23. The minimum atomic E-state index is 0.174. The summed E-state index contributed by atoms with van der Waals surface area (Å²) in [6.07, 6.45) is 2.59. The predicted octanol–water partition coefficient (Wildman–Crippen LogP) is 3.94. The van der Waals surface area contributed by atoms with Crippen LogP contribution in [0.4, 0.5) is 5.69 Å². The average Bonchev–Trinajstić information content (AvgIpc) is 3.25. The van der Waals surface area contributed by atoms with Crippen LogP contribution in [-0.2, 0) is 11.2 Å². The van der Waals surface area contributed by atoms with Gasteiger partial charge in [-0.2, -0.15) is 0 Å². The van der Waals surface area contributed by atoms with Crippen LogP contribution in [0.3, 0.4) is 0 Å². The fraction of sp³-hybridized carbons (Fsp3) is 0.450. The van der Waals surface area contributed by atoms with Gasteiger partial charge in [0.2, 0.25) is 5.91 Å². The first-order valence-electron chi connectivity index (χ1n) is 8.73. The number of hydrogen-bond donors (Lipinski definition) is 1. The summed E-state index contributed by atoms with van der Waals surface area (Å²) >= 11 is 1.72. The minimum Gasteiger partial charge on any atom is -0.371 e. The topological polar surface area (TPSA) is 32.3 Å². The zero-order chi connectivity index (χ0) is 16.9. The lowest BCUT2D eigenvalue weighted by molar-refractivity contribution is -0.121. The summed E-state index contributed by atoms with van der Waals surface area (Å²) in [5.74, 6) is 0.727. The number of rotatable bonds is 6. The molecule has 1 aliphatic heterocycles. The van der Waals surface area contributed by atoms with Gasteiger partial charge in [0.25, 0.3) is 0 Å². The van der Waals surface area contributed by atoms with E-state index in [4.69, 9.17) is 0 Å². The number of aryl methyl sites for hydroxylation is 3. The fourth-order valence-electron chi connectivity index (χ4n) is 3.19. The van der Waals surface area contributed by atoms with E-state index >= 15 is 0 Å². The molecule has 1 saturated heterocycles. The quantitative estimate of drug-likeness (QED) is 0.862. The molecule has 0 bridgehead atoms. The minimum absolute atomic E-state index is 0.174. The number of amides is 1. The van der Waals surface area contributed by atoms with Crippen molar-refractivity contribution < 1.29 is 4.79 Å². The summed E-state index contributed by atoms with van der Waals surface area (Å²) < 4.78 is 0. The van der Waals surface area contributed by atoms with Crippen molar-refractivity contribution in [2.24, 2.45) is 5.92 Å². The summed E-state index contributed by atoms with van der Waals surface area (Å²) in [7, 11) is 0. The van der Waals surface area contributed by atoms with E-state index in [1.54, 1.807) is 11.3 Å². The van der Waals surface area contributed by atoms with Gasteiger partial charge in [0, 0.05) is 36.6 Å². The molecular formula is C20H26N2OS. The van der Waals surface area contributed by atoms with Crippen LogP contribution in [0.25, 0.3) is 0 Å². The monoisotopic (exact) mass is 342 g/mol. The number of thiophene rings is 1. The molecule has 0 aliphatic carbocycles. The molecule has 2 aromatic rings. The summed E-state index contributed by atoms with van der Waals surface area (Å²) in [6, 6.07) is 10.8. The van der Waals surface area contributed by atoms with Crippen LogP contribution in [0, 0.1) is 19.8 Å². The van der Waals surface area contributed by atoms with Crippen LogP contribution in [0.15, 0.2) is 35.7 Å². The first kappa shape index (κ1) is 17.0. The molecular weight excluding hydrogens is 316 g/mol. The van der Waals surface area contributed by atoms with Crippen LogP contribution < -0.4 is 10.2 Å². The molecule has 1 aromatic heterocycles. The van der Waals surface area contributed by atoms with E-state index in [-0.39, 0.29) is 5.91 Å². The molecule has 0 saturated carbocycles. The molecule has 1 N–H and O–H groups in total. The highest BCUT2D eigenvalue weighted by Crippen LogP contribution is 2.25. The first-order chi connectivity index (χ1) is 11.6. The highest BCUT2D eigenvalue weighted by molar-refractivity contribution is 7.09. The zero-order valence-electron chi connectivity index (χ0n) is 14.5. The highest BCUT2D eigenvalue weighted by atomic mass is 32.1. The highest BCUT2D eigenvalue weighted by Gasteiger charge is 2.23. The Labute approximate surface area is 148 Å². The molecule has 1 amide bonds. The Balaban J connectivity index is 1.42. The van der Waals surface area contributed by atoms with E-state index < -0.39 is 0 Å². The molecule has 1 atom stereocenters. The van der Waals surface area contributed by atoms with E-state index in [9.17, 15) is 4.79 Å². The molecule has 1 fully saturated rings. The van der Waals surface area contributed by atoms with Gasteiger partial charge >= 0.3 is 0 Å². The van der Waals surface area contributed by atoms with Gasteiger partial charge in [-0.05, 0) is 67.3 Å². The Hall–Kier alpha value is -1.81. The third-order valence-corrected chi connectivity index (χ3v) is 5.84. The molecule has 24 heavy (non-hydrogen) atoms. The summed E-state index contributed by atoms with van der Waals surface area (Å²) in [5.41, 5.74) is 4.00. The number of nitrogens with zero attached hydrogens (tertiary/aromatic N) is 1. The second-order valence-corrected chi connectivity index (χ2v) is 7.78. The Bertz CT molecular complexity index is 681. The lowest BCUT2D eigenvalue weighted by atomic mass is 10.1. The van der Waals surface area contributed by atoms with Crippen molar-refractivity contribution in [1.29, 1.82) is 0 Å². The fourth-order valence-corrected chi connectivity index (χ4v) is 3.90. The van der Waals surface area contributed by atoms with Gasteiger partial charge in [-0.1, -0.05) is 12.1 Å². The Morgan fingerprint density at radius 1 is 1.29 bits per heavy atom. The van der Waals surface area contributed by atoms with E-state index in [1.165, 1.54) is 21.7 Å². The normalized spacial score (nSPS) is 17.2. The molecule has 0 radical (unpaired) electrons. The third kappa shape index (κ3) is 4.38. The molecule has 0 spiro atoms. The maximum atomic E-state index is 12.0. The van der Waals surface area contributed by atoms with Crippen molar-refractivity contribution in [1.82, 2.24) is 5.32 Å². The van der Waals surface area contributed by atoms with E-state index in [2.05, 4.69) is 53.7 Å². The van der Waals surface area contributed by atoms with E-state index in [0.717, 1.165) is 32.5 Å². The maximum absolute atomic E-state index is 12.0. The molecule has 1 unspecified atom stereocenters. The van der Waals surface area contributed by atoms with Gasteiger partial charge in [0.15, 0.2) is 0 Å². The molecule has 4 heteroatoms. The first-order valence-corrected chi connectivity index (χ1v) is 9.61. The van der Waals surface area contributed by atoms with Crippen molar-refractivity contribution in [2.75, 3.05) is 24.5 Å². The van der Waals surface area contributed by atoms with Gasteiger partial charge < -0.3 is 10.2 Å². The van der Waals surface area contributed by atoms with E-state index in [1.807, 2.05) is 6.07 Å². The van der Waals surface area contributed by atoms with Crippen molar-refractivity contribution in [3.05, 3.63) is 51.7 Å². The van der Waals surface area contributed by atoms with Crippen LogP contribution in [-0.4, -0.2) is 25.5 Å². The largest absolute Gasteiger partial charge is 0.371 e. The molecule has 3 nitrogen and oxygen atoms in total. The van der Waals surface area contributed by atoms with Crippen molar-refractivity contribution in [3.63, 3.8) is 0 Å². The SMILES string of the molecule is Cc1ccc(N2CCC(CNC(=O)CCc3cccs3)C2)cc1C. The second-order valence-electron chi connectivity index (χ2n) is 6.75. The lowest BCUT2D eigenvalue weighted by Gasteiger charge is -2.20. The van der Waals surface area contributed by atoms with Gasteiger partial charge in [-0.15, -0.1) is 11.3 Å². The van der Waals surface area contributed by atoms with Crippen molar-refractivity contribution >= 4 is 22.9 Å². The second kappa shape index (κ2) is 7.84. The molecule has 1 aliphatic rings. The molecule has 3 rings (SSSR count). The molecule has 2 heterocycles. The third-order valence-electron chi connectivity index (χ3n) is 4.91.